The Morgan fingerprint density at radius 1 is 1.09 bits per heavy atom. The molecule has 1 saturated heterocycles. The maximum absolute atomic E-state index is 14.6. The van der Waals surface area contributed by atoms with Gasteiger partial charge in [-0.05, 0) is 74.8 Å². The number of benzene rings is 1. The normalized spacial score (nSPS) is 27.3. The predicted molar refractivity (Wildman–Crippen MR) is 211 cm³/mol. The number of hydrogen-bond acceptors (Lipinski definition) is 11. The minimum Gasteiger partial charge on any atom is -0.497 e. The summed E-state index contributed by atoms with van der Waals surface area (Å²) in [5, 5.41) is 10.5. The minimum absolute atomic E-state index is 0.0272. The van der Waals surface area contributed by atoms with Gasteiger partial charge in [-0.1, -0.05) is 57.1 Å². The van der Waals surface area contributed by atoms with Crippen molar-refractivity contribution in [2.24, 2.45) is 23.2 Å². The molecule has 1 aliphatic heterocycles. The van der Waals surface area contributed by atoms with Crippen LogP contribution in [0.3, 0.4) is 0 Å². The van der Waals surface area contributed by atoms with E-state index in [1.54, 1.807) is 19.2 Å². The zero-order valence-corrected chi connectivity index (χ0v) is 34.0. The van der Waals surface area contributed by atoms with E-state index >= 15 is 0 Å². The molecule has 7 rings (SSSR count). The zero-order valence-electron chi connectivity index (χ0n) is 32.4. The van der Waals surface area contributed by atoms with E-state index in [0.29, 0.717) is 61.5 Å². The molecule has 0 spiro atoms. The lowest BCUT2D eigenvalue weighted by molar-refractivity contribution is -0.142. The number of alkyl carbamates (subject to hydrolysis) is 1. The van der Waals surface area contributed by atoms with Crippen LogP contribution in [0.15, 0.2) is 24.3 Å². The van der Waals surface area contributed by atoms with Crippen LogP contribution in [-0.2, 0) is 19.1 Å². The first-order chi connectivity index (χ1) is 26.1. The molecule has 2 aromatic heterocycles. The molecule has 4 aliphatic rings. The van der Waals surface area contributed by atoms with Gasteiger partial charge >= 0.3 is 6.09 Å². The van der Waals surface area contributed by atoms with Crippen molar-refractivity contribution in [1.82, 2.24) is 25.5 Å². The molecular weight excluding hydrogens is 744 g/mol. The van der Waals surface area contributed by atoms with Crippen molar-refractivity contribution < 1.29 is 33.4 Å². The van der Waals surface area contributed by atoms with Crippen molar-refractivity contribution in [3.05, 3.63) is 28.6 Å². The van der Waals surface area contributed by atoms with Crippen LogP contribution in [-0.4, -0.2) is 88.6 Å². The van der Waals surface area contributed by atoms with Crippen molar-refractivity contribution in [2.75, 3.05) is 19.0 Å². The van der Waals surface area contributed by atoms with Gasteiger partial charge in [0.25, 0.3) is 0 Å². The number of nitrogens with one attached hydrogen (secondary N) is 3. The predicted octanol–water partition coefficient (Wildman–Crippen LogP) is 6.61. The van der Waals surface area contributed by atoms with Gasteiger partial charge in [-0.15, -0.1) is 0 Å². The largest absolute Gasteiger partial charge is 0.497 e. The average Bonchev–Trinajstić information content (AvgIpc) is 3.84. The second-order valence-corrected chi connectivity index (χ2v) is 18.6. The first-order valence-electron chi connectivity index (χ1n) is 19.3. The number of amides is 3. The van der Waals surface area contributed by atoms with E-state index in [9.17, 15) is 19.2 Å². The number of hydrogen-bond donors (Lipinski definition) is 3. The molecule has 3 N–H and O–H groups in total. The highest BCUT2D eigenvalue weighted by molar-refractivity contribution is 7.20. The summed E-state index contributed by atoms with van der Waals surface area (Å²) < 4.78 is 18.5. The molecule has 55 heavy (non-hydrogen) atoms. The molecule has 296 valence electrons. The first kappa shape index (κ1) is 39.1. The van der Waals surface area contributed by atoms with Gasteiger partial charge in [0.2, 0.25) is 11.8 Å². The Labute approximate surface area is 330 Å². The zero-order chi connectivity index (χ0) is 39.4. The summed E-state index contributed by atoms with van der Waals surface area (Å²) in [5.74, 6) is 1.47. The van der Waals surface area contributed by atoms with Crippen LogP contribution in [0.5, 0.6) is 11.5 Å². The van der Waals surface area contributed by atoms with Crippen molar-refractivity contribution in [2.45, 2.75) is 116 Å². The van der Waals surface area contributed by atoms with Crippen molar-refractivity contribution in [3.8, 4) is 22.9 Å². The van der Waals surface area contributed by atoms with Gasteiger partial charge in [0.1, 0.15) is 52.1 Å². The number of ether oxygens (including phenoxy) is 3. The van der Waals surface area contributed by atoms with E-state index < -0.39 is 47.0 Å². The SMILES string of the molecule is CCC1C[C@@]1(C=O)NC(=O)C1C[C@@H](Oc2cc(-c3nc(NC(C)C)sc3Cl)nc3cc(OC)ccc23)CN1C(=O)C(NC(=O)OC1C[C@@H]2C[C@@H]2C1)C(C)(C)C. The summed E-state index contributed by atoms with van der Waals surface area (Å²) in [5.41, 5.74) is -0.140. The monoisotopic (exact) mass is 794 g/mol. The molecule has 0 radical (unpaired) electrons. The quantitative estimate of drug-likeness (QED) is 0.161. The first-order valence-corrected chi connectivity index (χ1v) is 20.4. The maximum atomic E-state index is 14.6. The van der Waals surface area contributed by atoms with Crippen molar-refractivity contribution in [1.29, 1.82) is 0 Å². The highest BCUT2D eigenvalue weighted by Crippen LogP contribution is 2.52. The molecule has 4 fully saturated rings. The lowest BCUT2D eigenvalue weighted by Crippen LogP contribution is -2.59. The highest BCUT2D eigenvalue weighted by atomic mass is 35.5. The van der Waals surface area contributed by atoms with Crippen LogP contribution >= 0.6 is 22.9 Å². The summed E-state index contributed by atoms with van der Waals surface area (Å²) in [4.78, 5) is 65.4. The van der Waals surface area contributed by atoms with E-state index in [4.69, 9.17) is 35.8 Å². The molecule has 3 heterocycles. The fourth-order valence-electron chi connectivity index (χ4n) is 8.21. The number of thiazole rings is 1. The third kappa shape index (κ3) is 8.21. The van der Waals surface area contributed by atoms with Crippen LogP contribution in [0.2, 0.25) is 4.34 Å². The molecule has 13 nitrogen and oxygen atoms in total. The maximum Gasteiger partial charge on any atom is 0.408 e. The van der Waals surface area contributed by atoms with Crippen LogP contribution < -0.4 is 25.4 Å². The van der Waals surface area contributed by atoms with Gasteiger partial charge in [-0.3, -0.25) is 9.59 Å². The second-order valence-electron chi connectivity index (χ2n) is 17.0. The number of anilines is 1. The fraction of sp³-hybridized carbons (Fsp3) is 0.600. The number of rotatable bonds is 13. The number of carbonyl (C=O) groups is 4. The minimum atomic E-state index is -1.00. The van der Waals surface area contributed by atoms with E-state index in [1.165, 1.54) is 22.7 Å². The number of carbonyl (C=O) groups excluding carboxylic acids is 4. The summed E-state index contributed by atoms with van der Waals surface area (Å²) in [7, 11) is 1.58. The second kappa shape index (κ2) is 15.1. The number of likely N-dealkylation sites (tertiary alicyclic amines) is 1. The lowest BCUT2D eigenvalue weighted by Gasteiger charge is -2.35. The standard InChI is InChI=1S/C40H51ClN6O7S/c1-8-23-17-40(23,19-48)46-35(49)30-15-26(18-47(30)36(50)33(39(4,5)6)45-38(51)54-25-12-21-11-22(21)13-25)53-31-16-29(32-34(41)55-37(44-32)42-20(2)3)43-28-14-24(52-7)9-10-27(28)31/h9-10,14,16,19-23,25-26,30,33H,8,11-13,15,17-18H2,1-7H3,(H,42,44)(H,45,51)(H,46,49)/t21-,22+,23?,25?,26-,30?,33?,40+/m1/s1. The summed E-state index contributed by atoms with van der Waals surface area (Å²) in [6, 6.07) is 5.40. The van der Waals surface area contributed by atoms with Crippen molar-refractivity contribution in [3.63, 3.8) is 0 Å². The number of nitrogens with zero attached hydrogens (tertiary/aromatic N) is 3. The third-order valence-corrected chi connectivity index (χ3v) is 12.6. The lowest BCUT2D eigenvalue weighted by atomic mass is 9.85. The van der Waals surface area contributed by atoms with Gasteiger partial charge in [-0.2, -0.15) is 0 Å². The molecule has 3 saturated carbocycles. The van der Waals surface area contributed by atoms with E-state index in [1.807, 2.05) is 53.7 Å². The molecule has 8 atom stereocenters. The Morgan fingerprint density at radius 3 is 2.47 bits per heavy atom. The van der Waals surface area contributed by atoms with Crippen LogP contribution in [0.1, 0.15) is 80.1 Å². The molecule has 1 aromatic carbocycles. The van der Waals surface area contributed by atoms with Gasteiger partial charge in [0.05, 0.1) is 30.4 Å². The molecular formula is C40H51ClN6O7S. The van der Waals surface area contributed by atoms with E-state index in [0.717, 1.165) is 25.5 Å². The topological polar surface area (TPSA) is 161 Å². The summed E-state index contributed by atoms with van der Waals surface area (Å²) >= 11 is 8.02. The molecule has 0 bridgehead atoms. The molecule has 3 amide bonds. The van der Waals surface area contributed by atoms with Gasteiger partial charge in [0.15, 0.2) is 5.13 Å². The van der Waals surface area contributed by atoms with Crippen molar-refractivity contribution >= 4 is 63.2 Å². The number of aromatic nitrogens is 2. The Kier molecular flexibility index (Phi) is 10.7. The molecule has 3 aromatic rings. The highest BCUT2D eigenvalue weighted by Gasteiger charge is 2.56. The molecule has 15 heteroatoms. The summed E-state index contributed by atoms with van der Waals surface area (Å²) in [6.07, 6.45) is 3.67. The van der Waals surface area contributed by atoms with E-state index in [-0.39, 0.29) is 31.0 Å². The average molecular weight is 795 g/mol. The number of aldehydes is 1. The summed E-state index contributed by atoms with van der Waals surface area (Å²) in [6.45, 7) is 11.6. The number of methoxy groups -OCH3 is 1. The fourth-order valence-corrected chi connectivity index (χ4v) is 9.42. The van der Waals surface area contributed by atoms with Gasteiger partial charge in [0, 0.05) is 30.0 Å². The van der Waals surface area contributed by atoms with Crippen LogP contribution in [0, 0.1) is 23.2 Å². The van der Waals surface area contributed by atoms with Gasteiger partial charge < -0.3 is 39.9 Å². The number of pyridine rings is 1. The number of halogens is 1. The smallest absolute Gasteiger partial charge is 0.408 e. The number of fused-ring (bicyclic) bond motifs is 2. The Balaban J connectivity index is 1.19. The van der Waals surface area contributed by atoms with Gasteiger partial charge in [-0.25, -0.2) is 14.8 Å². The molecule has 4 unspecified atom stereocenters. The van der Waals surface area contributed by atoms with E-state index in [2.05, 4.69) is 16.0 Å². The Bertz CT molecular complexity index is 1970. The third-order valence-electron chi connectivity index (χ3n) is 11.4. The Hall–Kier alpha value is -4.17. The molecule has 3 aliphatic carbocycles. The Morgan fingerprint density at radius 2 is 1.84 bits per heavy atom. The van der Waals surface area contributed by atoms with Crippen LogP contribution in [0.4, 0.5) is 9.93 Å². The van der Waals surface area contributed by atoms with Crippen LogP contribution in [0.25, 0.3) is 22.3 Å².